The van der Waals surface area contributed by atoms with Gasteiger partial charge in [0, 0.05) is 0 Å². The van der Waals surface area contributed by atoms with Crippen LogP contribution < -0.4 is 27.7 Å². The normalized spacial score (nSPS) is 9.93. The molecule has 0 unspecified atom stereocenters. The zero-order valence-corrected chi connectivity index (χ0v) is 6.85. The van der Waals surface area contributed by atoms with Gasteiger partial charge >= 0.3 is 0 Å². The average molecular weight is 203 g/mol. The molecule has 0 aromatic carbocycles. The van der Waals surface area contributed by atoms with Crippen molar-refractivity contribution in [2.75, 3.05) is 22.2 Å². The van der Waals surface area contributed by atoms with Gasteiger partial charge < -0.3 is 16.5 Å². The van der Waals surface area contributed by atoms with E-state index in [0.717, 1.165) is 0 Å². The van der Waals surface area contributed by atoms with Gasteiger partial charge in [-0.15, -0.1) is 5.23 Å². The molecule has 9 heteroatoms. The maximum Gasteiger partial charge on any atom is 0.275 e. The Morgan fingerprint density at radius 3 is 2.29 bits per heavy atom. The summed E-state index contributed by atoms with van der Waals surface area (Å²) in [5.41, 5.74) is 10.4. The minimum absolute atomic E-state index is 0.292. The monoisotopic (exact) mass is 203 g/mol. The second-order valence-electron chi connectivity index (χ2n) is 2.41. The molecule has 0 atom stereocenters. The van der Waals surface area contributed by atoms with E-state index in [2.05, 4.69) is 0 Å². The third kappa shape index (κ3) is 1.42. The van der Waals surface area contributed by atoms with Crippen molar-refractivity contribution in [3.63, 3.8) is 0 Å². The highest BCUT2D eigenvalue weighted by Crippen LogP contribution is 2.29. The van der Waals surface area contributed by atoms with Crippen LogP contribution in [0.1, 0.15) is 0 Å². The molecule has 9 nitrogen and oxygen atoms in total. The van der Waals surface area contributed by atoms with Crippen LogP contribution in [-0.2, 0) is 0 Å². The minimum atomic E-state index is -0.801. The summed E-state index contributed by atoms with van der Waals surface area (Å²) < 4.78 is 0. The number of nitrogens with zero attached hydrogens (tertiary/aromatic N) is 1. The SMILES string of the molecule is Nc1c(NO)c(N(O)O)[nH]c(=O)c1N. The Labute approximate surface area is 77.0 Å². The molecule has 1 rings (SSSR count). The van der Waals surface area contributed by atoms with Crippen molar-refractivity contribution in [3.8, 4) is 0 Å². The summed E-state index contributed by atoms with van der Waals surface area (Å²) >= 11 is 0. The van der Waals surface area contributed by atoms with E-state index in [1.54, 1.807) is 5.48 Å². The van der Waals surface area contributed by atoms with Gasteiger partial charge in [-0.3, -0.25) is 25.9 Å². The first-order valence-electron chi connectivity index (χ1n) is 3.38. The molecule has 0 spiro atoms. The first kappa shape index (κ1) is 10.1. The fourth-order valence-corrected chi connectivity index (χ4v) is 0.885. The summed E-state index contributed by atoms with van der Waals surface area (Å²) in [7, 11) is 0. The lowest BCUT2D eigenvalue weighted by atomic mass is 10.3. The Morgan fingerprint density at radius 2 is 1.86 bits per heavy atom. The first-order chi connectivity index (χ1) is 6.49. The van der Waals surface area contributed by atoms with Crippen LogP contribution in [0.4, 0.5) is 22.9 Å². The highest BCUT2D eigenvalue weighted by atomic mass is 16.8. The van der Waals surface area contributed by atoms with Crippen LogP contribution in [0.15, 0.2) is 4.79 Å². The molecule has 0 radical (unpaired) electrons. The van der Waals surface area contributed by atoms with Gasteiger partial charge in [-0.1, -0.05) is 0 Å². The van der Waals surface area contributed by atoms with Gasteiger partial charge in [-0.2, -0.15) is 0 Å². The standard InChI is InChI=1S/C5H9N5O4/c6-1-2(7)5(11)8-4(10(13)14)3(1)9-12/h9,12-14H,7H2,(H3,6,8,11). The lowest BCUT2D eigenvalue weighted by molar-refractivity contribution is 0.0269. The summed E-state index contributed by atoms with van der Waals surface area (Å²) in [4.78, 5) is 13.0. The lowest BCUT2D eigenvalue weighted by Gasteiger charge is -2.14. The number of H-pyrrole nitrogens is 1. The van der Waals surface area contributed by atoms with Gasteiger partial charge in [0.2, 0.25) is 0 Å². The zero-order valence-electron chi connectivity index (χ0n) is 6.85. The molecule has 1 aromatic rings. The number of rotatable bonds is 2. The number of hydrogen-bond acceptors (Lipinski definition) is 8. The maximum atomic E-state index is 11.0. The van der Waals surface area contributed by atoms with Gasteiger partial charge in [0.25, 0.3) is 5.56 Å². The molecule has 14 heavy (non-hydrogen) atoms. The summed E-state index contributed by atoms with van der Waals surface area (Å²) in [6, 6.07) is 0. The number of pyridine rings is 1. The van der Waals surface area contributed by atoms with Gasteiger partial charge in [0.15, 0.2) is 5.82 Å². The van der Waals surface area contributed by atoms with E-state index in [1.165, 1.54) is 0 Å². The van der Waals surface area contributed by atoms with Crippen LogP contribution in [0.3, 0.4) is 0 Å². The maximum absolute atomic E-state index is 11.0. The van der Waals surface area contributed by atoms with E-state index in [4.69, 9.17) is 27.1 Å². The van der Waals surface area contributed by atoms with Crippen molar-refractivity contribution in [1.82, 2.24) is 4.98 Å². The van der Waals surface area contributed by atoms with Crippen LogP contribution in [0.5, 0.6) is 0 Å². The Morgan fingerprint density at radius 1 is 1.29 bits per heavy atom. The van der Waals surface area contributed by atoms with E-state index in [-0.39, 0.29) is 17.1 Å². The van der Waals surface area contributed by atoms with Crippen LogP contribution >= 0.6 is 0 Å². The fraction of sp³-hybridized carbons (Fsp3) is 0. The molecule has 0 amide bonds. The van der Waals surface area contributed by atoms with Crippen LogP contribution in [0.25, 0.3) is 0 Å². The number of nitrogens with two attached hydrogens (primary N) is 2. The van der Waals surface area contributed by atoms with Crippen molar-refractivity contribution in [1.29, 1.82) is 0 Å². The Balaban J connectivity index is 3.52. The van der Waals surface area contributed by atoms with E-state index in [9.17, 15) is 4.79 Å². The quantitative estimate of drug-likeness (QED) is 0.299. The number of aromatic amines is 1. The molecule has 0 saturated carbocycles. The Bertz CT molecular complexity index is 400. The van der Waals surface area contributed by atoms with Crippen LogP contribution in [0, 0.1) is 0 Å². The molecule has 1 heterocycles. The molecule has 0 bridgehead atoms. The van der Waals surface area contributed by atoms with E-state index < -0.39 is 16.6 Å². The Hall–Kier alpha value is -1.97. The average Bonchev–Trinajstić information content (AvgIpc) is 2.13. The number of hydrogen-bond donors (Lipinski definition) is 7. The van der Waals surface area contributed by atoms with Gasteiger partial charge in [0.05, 0.1) is 5.69 Å². The van der Waals surface area contributed by atoms with Gasteiger partial charge in [-0.25, -0.2) is 0 Å². The molecule has 0 aliphatic rings. The van der Waals surface area contributed by atoms with Crippen molar-refractivity contribution >= 4 is 22.9 Å². The third-order valence-corrected chi connectivity index (χ3v) is 1.58. The summed E-state index contributed by atoms with van der Waals surface area (Å²) in [5, 5.41) is 25.5. The number of anilines is 4. The first-order valence-corrected chi connectivity index (χ1v) is 3.38. The van der Waals surface area contributed by atoms with Gasteiger partial charge in [-0.05, 0) is 0 Å². The van der Waals surface area contributed by atoms with E-state index in [0.29, 0.717) is 0 Å². The molecule has 1 aromatic heterocycles. The van der Waals surface area contributed by atoms with Crippen molar-refractivity contribution < 1.29 is 15.6 Å². The van der Waals surface area contributed by atoms with Crippen LogP contribution in [-0.4, -0.2) is 20.6 Å². The Kier molecular flexibility index (Phi) is 2.47. The molecule has 9 N–H and O–H groups in total. The van der Waals surface area contributed by atoms with Crippen molar-refractivity contribution in [2.24, 2.45) is 0 Å². The minimum Gasteiger partial charge on any atom is -0.395 e. The number of nitrogens with one attached hydrogen (secondary N) is 2. The highest BCUT2D eigenvalue weighted by Gasteiger charge is 2.16. The molecular formula is C5H9N5O4. The van der Waals surface area contributed by atoms with E-state index >= 15 is 0 Å². The van der Waals surface area contributed by atoms with Gasteiger partial charge in [0.1, 0.15) is 11.4 Å². The predicted molar refractivity (Wildman–Crippen MR) is 47.3 cm³/mol. The molecule has 0 fully saturated rings. The van der Waals surface area contributed by atoms with Crippen molar-refractivity contribution in [2.45, 2.75) is 0 Å². The van der Waals surface area contributed by atoms with E-state index in [1.807, 2.05) is 4.98 Å². The number of nitrogen functional groups attached to an aromatic ring is 2. The molecule has 0 aliphatic carbocycles. The fourth-order valence-electron chi connectivity index (χ4n) is 0.885. The summed E-state index contributed by atoms with van der Waals surface area (Å²) in [6.07, 6.45) is 0. The second-order valence-corrected chi connectivity index (χ2v) is 2.41. The zero-order chi connectivity index (χ0) is 10.9. The van der Waals surface area contributed by atoms with Crippen molar-refractivity contribution in [3.05, 3.63) is 10.4 Å². The number of aromatic nitrogens is 1. The van der Waals surface area contributed by atoms with Crippen LogP contribution in [0.2, 0.25) is 0 Å². The molecule has 0 aliphatic heterocycles. The smallest absolute Gasteiger partial charge is 0.275 e. The largest absolute Gasteiger partial charge is 0.395 e. The second kappa shape index (κ2) is 3.41. The predicted octanol–water partition coefficient (Wildman–Crippen LogP) is -1.07. The summed E-state index contributed by atoms with van der Waals surface area (Å²) in [6.45, 7) is 0. The molecule has 0 saturated heterocycles. The topological polar surface area (TPSA) is 161 Å². The third-order valence-electron chi connectivity index (χ3n) is 1.58. The summed E-state index contributed by atoms with van der Waals surface area (Å²) in [5.74, 6) is -0.524. The lowest BCUT2D eigenvalue weighted by Crippen LogP contribution is -2.23. The molecular weight excluding hydrogens is 194 g/mol. The molecule has 78 valence electrons. The highest BCUT2D eigenvalue weighted by molar-refractivity contribution is 5.84.